The van der Waals surface area contributed by atoms with Crippen molar-refractivity contribution in [3.63, 3.8) is 0 Å². The van der Waals surface area contributed by atoms with E-state index >= 15 is 0 Å². The third-order valence-corrected chi connectivity index (χ3v) is 4.78. The first-order chi connectivity index (χ1) is 10.5. The molecule has 5 nitrogen and oxygen atoms in total. The van der Waals surface area contributed by atoms with Crippen molar-refractivity contribution < 1.29 is 18.4 Å². The maximum Gasteiger partial charge on any atom is 0.248 e. The standard InChI is InChI=1S/C16H27F2N3O2/c1-15(2,3)12(19)14(23)21-6-4-5-11(21)13(22)20-9-10-7-16(17,18)8-10/h10-12H,4-9,19H2,1-3H3,(H,20,22)/t11-,12?/m0/s1. The van der Waals surface area contributed by atoms with Crippen LogP contribution in [0.5, 0.6) is 0 Å². The molecule has 3 N–H and O–H groups in total. The molecule has 2 aliphatic rings. The van der Waals surface area contributed by atoms with Crippen LogP contribution in [-0.4, -0.2) is 47.8 Å². The molecule has 2 rings (SSSR count). The van der Waals surface area contributed by atoms with Gasteiger partial charge >= 0.3 is 0 Å². The summed E-state index contributed by atoms with van der Waals surface area (Å²) in [4.78, 5) is 26.4. The first-order valence-electron chi connectivity index (χ1n) is 8.23. The number of nitrogens with zero attached hydrogens (tertiary/aromatic N) is 1. The minimum atomic E-state index is -2.58. The largest absolute Gasteiger partial charge is 0.354 e. The lowest BCUT2D eigenvalue weighted by Gasteiger charge is -2.36. The van der Waals surface area contributed by atoms with E-state index in [-0.39, 0.29) is 42.5 Å². The van der Waals surface area contributed by atoms with Crippen LogP contribution in [0.3, 0.4) is 0 Å². The van der Waals surface area contributed by atoms with E-state index in [1.54, 1.807) is 4.90 Å². The minimum absolute atomic E-state index is 0.170. The molecule has 1 aliphatic carbocycles. The van der Waals surface area contributed by atoms with E-state index in [1.165, 1.54) is 0 Å². The van der Waals surface area contributed by atoms with Crippen LogP contribution in [0.1, 0.15) is 46.5 Å². The van der Waals surface area contributed by atoms with Gasteiger partial charge in [0.05, 0.1) is 6.04 Å². The Bertz CT molecular complexity index is 468. The monoisotopic (exact) mass is 331 g/mol. The second-order valence-electron chi connectivity index (χ2n) is 7.91. The van der Waals surface area contributed by atoms with Gasteiger partial charge in [0.2, 0.25) is 17.7 Å². The van der Waals surface area contributed by atoms with Crippen molar-refractivity contribution in [2.75, 3.05) is 13.1 Å². The average Bonchev–Trinajstić information content (AvgIpc) is 2.88. The van der Waals surface area contributed by atoms with Gasteiger partial charge in [-0.2, -0.15) is 0 Å². The molecule has 0 radical (unpaired) electrons. The average molecular weight is 331 g/mol. The Hall–Kier alpha value is -1.24. The summed E-state index contributed by atoms with van der Waals surface area (Å²) < 4.78 is 25.6. The van der Waals surface area contributed by atoms with Gasteiger partial charge in [0.1, 0.15) is 6.04 Å². The Morgan fingerprint density at radius 3 is 2.48 bits per heavy atom. The van der Waals surface area contributed by atoms with Crippen molar-refractivity contribution >= 4 is 11.8 Å². The summed E-state index contributed by atoms with van der Waals surface area (Å²) >= 11 is 0. The third-order valence-electron chi connectivity index (χ3n) is 4.78. The van der Waals surface area contributed by atoms with Crippen LogP contribution in [0.2, 0.25) is 0 Å². The quantitative estimate of drug-likeness (QED) is 0.820. The van der Waals surface area contributed by atoms with E-state index in [1.807, 2.05) is 20.8 Å². The van der Waals surface area contributed by atoms with Gasteiger partial charge in [-0.25, -0.2) is 8.78 Å². The van der Waals surface area contributed by atoms with Crippen LogP contribution in [-0.2, 0) is 9.59 Å². The Morgan fingerprint density at radius 1 is 1.35 bits per heavy atom. The van der Waals surface area contributed by atoms with Crippen LogP contribution < -0.4 is 11.1 Å². The molecule has 0 aromatic rings. The number of alkyl halides is 2. The molecule has 7 heteroatoms. The molecule has 2 amide bonds. The van der Waals surface area contributed by atoms with Gasteiger partial charge in [-0.15, -0.1) is 0 Å². The lowest BCUT2D eigenvalue weighted by Crippen LogP contribution is -2.55. The van der Waals surface area contributed by atoms with Gasteiger partial charge in [0, 0.05) is 25.9 Å². The lowest BCUT2D eigenvalue weighted by atomic mass is 9.81. The number of carbonyl (C=O) groups excluding carboxylic acids is 2. The van der Waals surface area contributed by atoms with Crippen LogP contribution in [0.4, 0.5) is 8.78 Å². The minimum Gasteiger partial charge on any atom is -0.354 e. The zero-order valence-corrected chi connectivity index (χ0v) is 14.1. The number of nitrogens with one attached hydrogen (secondary N) is 1. The first kappa shape index (κ1) is 18.1. The second-order valence-corrected chi connectivity index (χ2v) is 7.91. The predicted molar refractivity (Wildman–Crippen MR) is 82.8 cm³/mol. The van der Waals surface area contributed by atoms with E-state index in [0.29, 0.717) is 13.0 Å². The molecule has 2 atom stereocenters. The summed E-state index contributed by atoms with van der Waals surface area (Å²) in [5, 5.41) is 2.72. The topological polar surface area (TPSA) is 75.4 Å². The Morgan fingerprint density at radius 2 is 1.96 bits per heavy atom. The Kier molecular flexibility index (Phi) is 4.99. The fraction of sp³-hybridized carbons (Fsp3) is 0.875. The fourth-order valence-electron chi connectivity index (χ4n) is 3.14. The zero-order chi connectivity index (χ0) is 17.4. The van der Waals surface area contributed by atoms with Crippen LogP contribution >= 0.6 is 0 Å². The van der Waals surface area contributed by atoms with E-state index in [4.69, 9.17) is 5.73 Å². The number of amides is 2. The fourth-order valence-corrected chi connectivity index (χ4v) is 3.14. The first-order valence-corrected chi connectivity index (χ1v) is 8.23. The van der Waals surface area contributed by atoms with Gasteiger partial charge in [0.25, 0.3) is 0 Å². The third kappa shape index (κ3) is 4.19. The van der Waals surface area contributed by atoms with Crippen LogP contribution in [0.25, 0.3) is 0 Å². The van der Waals surface area contributed by atoms with Crippen LogP contribution in [0, 0.1) is 11.3 Å². The van der Waals surface area contributed by atoms with Crippen molar-refractivity contribution in [3.05, 3.63) is 0 Å². The molecule has 23 heavy (non-hydrogen) atoms. The number of halogens is 2. The number of carbonyl (C=O) groups is 2. The van der Waals surface area contributed by atoms with Gasteiger partial charge in [-0.05, 0) is 24.2 Å². The summed E-state index contributed by atoms with van der Waals surface area (Å²) in [6.45, 7) is 6.42. The normalized spacial score (nSPS) is 25.8. The molecule has 1 saturated carbocycles. The van der Waals surface area contributed by atoms with Crippen molar-refractivity contribution in [2.45, 2.75) is 64.5 Å². The SMILES string of the molecule is CC(C)(C)C(N)C(=O)N1CCC[C@H]1C(=O)NCC1CC(F)(F)C1. The van der Waals surface area contributed by atoms with Crippen molar-refractivity contribution in [2.24, 2.45) is 17.1 Å². The highest BCUT2D eigenvalue weighted by Gasteiger charge is 2.45. The maximum absolute atomic E-state index is 12.8. The summed E-state index contributed by atoms with van der Waals surface area (Å²) in [7, 11) is 0. The van der Waals surface area contributed by atoms with E-state index < -0.39 is 18.0 Å². The molecule has 132 valence electrons. The van der Waals surface area contributed by atoms with Crippen LogP contribution in [0.15, 0.2) is 0 Å². The lowest BCUT2D eigenvalue weighted by molar-refractivity contribution is -0.142. The molecule has 0 bridgehead atoms. The summed E-state index contributed by atoms with van der Waals surface area (Å²) in [5.41, 5.74) is 5.64. The smallest absolute Gasteiger partial charge is 0.248 e. The molecule has 1 aliphatic heterocycles. The predicted octanol–water partition coefficient (Wildman–Crippen LogP) is 1.51. The van der Waals surface area contributed by atoms with Gasteiger partial charge in [-0.3, -0.25) is 9.59 Å². The highest BCUT2D eigenvalue weighted by molar-refractivity contribution is 5.90. The number of likely N-dealkylation sites (tertiary alicyclic amines) is 1. The molecular formula is C16H27F2N3O2. The number of hydrogen-bond donors (Lipinski definition) is 2. The van der Waals surface area contributed by atoms with E-state index in [0.717, 1.165) is 6.42 Å². The molecule has 2 fully saturated rings. The molecule has 0 aromatic carbocycles. The number of nitrogens with two attached hydrogens (primary N) is 1. The zero-order valence-electron chi connectivity index (χ0n) is 14.1. The van der Waals surface area contributed by atoms with Gasteiger partial charge in [0.15, 0.2) is 0 Å². The van der Waals surface area contributed by atoms with E-state index in [9.17, 15) is 18.4 Å². The molecular weight excluding hydrogens is 304 g/mol. The molecule has 1 saturated heterocycles. The Balaban J connectivity index is 1.88. The van der Waals surface area contributed by atoms with Crippen molar-refractivity contribution in [1.29, 1.82) is 0 Å². The van der Waals surface area contributed by atoms with Gasteiger partial charge < -0.3 is 16.0 Å². The molecule has 0 aromatic heterocycles. The summed E-state index contributed by atoms with van der Waals surface area (Å²) in [6.07, 6.45) is 1.00. The number of rotatable bonds is 4. The molecule has 1 heterocycles. The van der Waals surface area contributed by atoms with E-state index in [2.05, 4.69) is 5.32 Å². The summed E-state index contributed by atoms with van der Waals surface area (Å²) in [6, 6.07) is -1.20. The van der Waals surface area contributed by atoms with Crippen molar-refractivity contribution in [3.8, 4) is 0 Å². The second kappa shape index (κ2) is 6.34. The highest BCUT2D eigenvalue weighted by Crippen LogP contribution is 2.41. The number of hydrogen-bond acceptors (Lipinski definition) is 3. The summed E-state index contributed by atoms with van der Waals surface area (Å²) in [5.74, 6) is -3.22. The van der Waals surface area contributed by atoms with Gasteiger partial charge in [-0.1, -0.05) is 20.8 Å². The van der Waals surface area contributed by atoms with Crippen molar-refractivity contribution in [1.82, 2.24) is 10.2 Å². The Labute approximate surface area is 136 Å². The molecule has 0 spiro atoms. The highest BCUT2D eigenvalue weighted by atomic mass is 19.3. The maximum atomic E-state index is 12.8. The molecule has 1 unspecified atom stereocenters.